The molecule has 0 saturated carbocycles. The van der Waals surface area contributed by atoms with Gasteiger partial charge in [0.25, 0.3) is 0 Å². The number of hydrogen-bond donors (Lipinski definition) is 1. The molecule has 0 aromatic heterocycles. The van der Waals surface area contributed by atoms with Crippen molar-refractivity contribution < 1.29 is 23.9 Å². The number of likely N-dealkylation sites (tertiary alicyclic amines) is 1. The molecule has 5 nitrogen and oxygen atoms in total. The number of halogens is 1. The number of carbonyl (C=O) groups excluding carboxylic acids is 2. The first-order chi connectivity index (χ1) is 10.9. The largest absolute Gasteiger partial charge is 0.481 e. The van der Waals surface area contributed by atoms with E-state index in [-0.39, 0.29) is 37.1 Å². The van der Waals surface area contributed by atoms with Crippen LogP contribution in [0.3, 0.4) is 0 Å². The Morgan fingerprint density at radius 2 is 1.83 bits per heavy atom. The normalized spacial score (nSPS) is 21.0. The number of carboxylic acid groups (broad SMARTS) is 1. The summed E-state index contributed by atoms with van der Waals surface area (Å²) in [6.45, 7) is 2.08. The smallest absolute Gasteiger partial charge is 0.308 e. The molecule has 2 atom stereocenters. The van der Waals surface area contributed by atoms with Gasteiger partial charge < -0.3 is 10.0 Å². The first-order valence-corrected chi connectivity index (χ1v) is 7.69. The second-order valence-corrected chi connectivity index (χ2v) is 5.94. The van der Waals surface area contributed by atoms with Crippen LogP contribution in [0.25, 0.3) is 0 Å². The molecule has 1 N–H and O–H groups in total. The first kappa shape index (κ1) is 17.1. The second-order valence-electron chi connectivity index (χ2n) is 5.94. The monoisotopic (exact) mass is 321 g/mol. The molecule has 1 fully saturated rings. The molecule has 0 aliphatic carbocycles. The van der Waals surface area contributed by atoms with Gasteiger partial charge in [-0.25, -0.2) is 4.39 Å². The number of benzene rings is 1. The summed E-state index contributed by atoms with van der Waals surface area (Å²) in [5.41, 5.74) is 0.370. The van der Waals surface area contributed by atoms with Crippen LogP contribution in [0.4, 0.5) is 4.39 Å². The number of aliphatic carboxylic acids is 1. The Hall–Kier alpha value is -2.24. The quantitative estimate of drug-likeness (QED) is 0.846. The minimum Gasteiger partial charge on any atom is -0.481 e. The zero-order valence-corrected chi connectivity index (χ0v) is 13.0. The molecule has 1 amide bonds. The zero-order valence-electron chi connectivity index (χ0n) is 13.0. The van der Waals surface area contributed by atoms with E-state index in [0.717, 1.165) is 0 Å². The van der Waals surface area contributed by atoms with Crippen LogP contribution in [0.15, 0.2) is 24.3 Å². The summed E-state index contributed by atoms with van der Waals surface area (Å²) in [4.78, 5) is 36.9. The van der Waals surface area contributed by atoms with E-state index >= 15 is 0 Å². The molecular weight excluding hydrogens is 301 g/mol. The number of hydrogen-bond acceptors (Lipinski definition) is 3. The van der Waals surface area contributed by atoms with Crippen LogP contribution in [0.5, 0.6) is 0 Å². The lowest BCUT2D eigenvalue weighted by atomic mass is 9.93. The van der Waals surface area contributed by atoms with Crippen LogP contribution < -0.4 is 0 Å². The van der Waals surface area contributed by atoms with Crippen molar-refractivity contribution in [1.82, 2.24) is 4.90 Å². The summed E-state index contributed by atoms with van der Waals surface area (Å²) in [5, 5.41) is 9.09. The van der Waals surface area contributed by atoms with Gasteiger partial charge in [-0.1, -0.05) is 0 Å². The predicted molar refractivity (Wildman–Crippen MR) is 81.5 cm³/mol. The Balaban J connectivity index is 1.91. The van der Waals surface area contributed by atoms with Crippen molar-refractivity contribution in [3.05, 3.63) is 35.6 Å². The van der Waals surface area contributed by atoms with Gasteiger partial charge in [-0.2, -0.15) is 0 Å². The molecule has 6 heteroatoms. The molecule has 1 aromatic carbocycles. The van der Waals surface area contributed by atoms with Gasteiger partial charge in [-0.3, -0.25) is 14.4 Å². The number of carbonyl (C=O) groups is 3. The average Bonchev–Trinajstić information content (AvgIpc) is 2.53. The predicted octanol–water partition coefficient (Wildman–Crippen LogP) is 2.50. The Kier molecular flexibility index (Phi) is 5.47. The molecule has 23 heavy (non-hydrogen) atoms. The van der Waals surface area contributed by atoms with Crippen molar-refractivity contribution in [2.75, 3.05) is 6.54 Å². The summed E-state index contributed by atoms with van der Waals surface area (Å²) < 4.78 is 12.8. The van der Waals surface area contributed by atoms with E-state index in [4.69, 9.17) is 5.11 Å². The van der Waals surface area contributed by atoms with Crippen LogP contribution >= 0.6 is 0 Å². The van der Waals surface area contributed by atoms with E-state index in [1.54, 1.807) is 4.90 Å². The first-order valence-electron chi connectivity index (χ1n) is 7.69. The van der Waals surface area contributed by atoms with Gasteiger partial charge in [0.2, 0.25) is 5.91 Å². The molecule has 2 rings (SSSR count). The highest BCUT2D eigenvalue weighted by molar-refractivity contribution is 5.98. The van der Waals surface area contributed by atoms with Gasteiger partial charge in [0.15, 0.2) is 5.78 Å². The Morgan fingerprint density at radius 1 is 1.17 bits per heavy atom. The molecule has 124 valence electrons. The van der Waals surface area contributed by atoms with Crippen LogP contribution in [-0.4, -0.2) is 40.3 Å². The molecule has 0 radical (unpaired) electrons. The number of ketones is 1. The van der Waals surface area contributed by atoms with E-state index in [1.165, 1.54) is 24.3 Å². The van der Waals surface area contributed by atoms with Crippen molar-refractivity contribution in [3.63, 3.8) is 0 Å². The third-order valence-corrected chi connectivity index (χ3v) is 4.28. The van der Waals surface area contributed by atoms with Crippen molar-refractivity contribution >= 4 is 17.7 Å². The minimum atomic E-state index is -0.892. The lowest BCUT2D eigenvalue weighted by molar-refractivity contribution is -0.147. The summed E-state index contributed by atoms with van der Waals surface area (Å²) >= 11 is 0. The lowest BCUT2D eigenvalue weighted by Crippen LogP contribution is -2.47. The highest BCUT2D eigenvalue weighted by Crippen LogP contribution is 2.23. The highest BCUT2D eigenvalue weighted by atomic mass is 19.1. The van der Waals surface area contributed by atoms with Gasteiger partial charge in [-0.15, -0.1) is 0 Å². The molecule has 2 unspecified atom stereocenters. The van der Waals surface area contributed by atoms with Gasteiger partial charge in [0.05, 0.1) is 5.92 Å². The number of rotatable bonds is 5. The molecule has 1 saturated heterocycles. The summed E-state index contributed by atoms with van der Waals surface area (Å²) in [7, 11) is 0. The SMILES string of the molecule is CC1CCC(C(=O)O)CN1C(=O)CCC(=O)c1ccc(F)cc1. The van der Waals surface area contributed by atoms with Crippen LogP contribution in [0.1, 0.15) is 43.0 Å². The molecule has 0 bridgehead atoms. The van der Waals surface area contributed by atoms with Crippen LogP contribution in [0.2, 0.25) is 0 Å². The van der Waals surface area contributed by atoms with E-state index in [9.17, 15) is 18.8 Å². The Morgan fingerprint density at radius 3 is 2.43 bits per heavy atom. The topological polar surface area (TPSA) is 74.7 Å². The number of carboxylic acids is 1. The van der Waals surface area contributed by atoms with Crippen LogP contribution in [0, 0.1) is 11.7 Å². The second kappa shape index (κ2) is 7.35. The Labute approximate surface area is 134 Å². The Bertz CT molecular complexity index is 599. The molecule has 1 aromatic rings. The van der Waals surface area contributed by atoms with Crippen LogP contribution in [-0.2, 0) is 9.59 Å². The van der Waals surface area contributed by atoms with Gasteiger partial charge >= 0.3 is 5.97 Å². The van der Waals surface area contributed by atoms with E-state index < -0.39 is 17.7 Å². The molecule has 0 spiro atoms. The van der Waals surface area contributed by atoms with Gasteiger partial charge in [0.1, 0.15) is 5.82 Å². The van der Waals surface area contributed by atoms with Crippen molar-refractivity contribution in [2.45, 2.75) is 38.6 Å². The minimum absolute atomic E-state index is 0.0148. The summed E-state index contributed by atoms with van der Waals surface area (Å²) in [6.07, 6.45) is 1.28. The van der Waals surface area contributed by atoms with Gasteiger partial charge in [-0.05, 0) is 44.0 Å². The number of Topliss-reactive ketones (excluding diaryl/α,β-unsaturated/α-hetero) is 1. The zero-order chi connectivity index (χ0) is 17.0. The third kappa shape index (κ3) is 4.37. The molecule has 1 aliphatic heterocycles. The standard InChI is InChI=1S/C17H20FNO4/c1-11-2-3-13(17(22)23)10-19(11)16(21)9-8-15(20)12-4-6-14(18)7-5-12/h4-7,11,13H,2-3,8-10H2,1H3,(H,22,23). The number of piperidine rings is 1. The fraction of sp³-hybridized carbons (Fsp3) is 0.471. The highest BCUT2D eigenvalue weighted by Gasteiger charge is 2.32. The van der Waals surface area contributed by atoms with Crippen molar-refractivity contribution in [1.29, 1.82) is 0 Å². The maximum atomic E-state index is 12.8. The lowest BCUT2D eigenvalue weighted by Gasteiger charge is -2.36. The maximum Gasteiger partial charge on any atom is 0.308 e. The maximum absolute atomic E-state index is 12.8. The summed E-state index contributed by atoms with van der Waals surface area (Å²) in [5.74, 6) is -2.28. The number of nitrogens with zero attached hydrogens (tertiary/aromatic N) is 1. The average molecular weight is 321 g/mol. The molecular formula is C17H20FNO4. The van der Waals surface area contributed by atoms with Crippen molar-refractivity contribution in [2.24, 2.45) is 5.92 Å². The third-order valence-electron chi connectivity index (χ3n) is 4.28. The fourth-order valence-electron chi connectivity index (χ4n) is 2.80. The van der Waals surface area contributed by atoms with E-state index in [2.05, 4.69) is 0 Å². The van der Waals surface area contributed by atoms with Gasteiger partial charge in [0, 0.05) is 31.0 Å². The molecule has 1 heterocycles. The fourth-order valence-corrected chi connectivity index (χ4v) is 2.80. The van der Waals surface area contributed by atoms with E-state index in [0.29, 0.717) is 18.4 Å². The van der Waals surface area contributed by atoms with Crippen molar-refractivity contribution in [3.8, 4) is 0 Å². The molecule has 1 aliphatic rings. The number of amides is 1. The van der Waals surface area contributed by atoms with E-state index in [1.807, 2.05) is 6.92 Å². The summed E-state index contributed by atoms with van der Waals surface area (Å²) in [6, 6.07) is 5.19.